The van der Waals surface area contributed by atoms with Crippen molar-refractivity contribution in [2.45, 2.75) is 20.8 Å². The van der Waals surface area contributed by atoms with Crippen molar-refractivity contribution >= 4 is 23.0 Å². The SMILES string of the molecule is CCOc1cc(/C=N/NC(=O)c2cc(-c3ccccc3)nc3ccccc23)ccc1OCC(C)C. The number of para-hydroxylation sites is 1. The highest BCUT2D eigenvalue weighted by Crippen LogP contribution is 2.29. The van der Waals surface area contributed by atoms with Crippen LogP contribution in [0.3, 0.4) is 0 Å². The molecule has 4 rings (SSSR count). The Balaban J connectivity index is 1.56. The van der Waals surface area contributed by atoms with Gasteiger partial charge < -0.3 is 9.47 Å². The Morgan fingerprint density at radius 2 is 1.74 bits per heavy atom. The van der Waals surface area contributed by atoms with E-state index in [1.165, 1.54) is 0 Å². The first-order chi connectivity index (χ1) is 17.0. The molecule has 0 spiro atoms. The summed E-state index contributed by atoms with van der Waals surface area (Å²) in [4.78, 5) is 17.8. The van der Waals surface area contributed by atoms with Crippen LogP contribution in [-0.4, -0.2) is 30.3 Å². The maximum Gasteiger partial charge on any atom is 0.272 e. The lowest BCUT2D eigenvalue weighted by Crippen LogP contribution is -2.18. The predicted octanol–water partition coefficient (Wildman–Crippen LogP) is 6.10. The highest BCUT2D eigenvalue weighted by molar-refractivity contribution is 6.07. The number of hydrazone groups is 1. The molecule has 6 heteroatoms. The van der Waals surface area contributed by atoms with Crippen LogP contribution in [0.4, 0.5) is 0 Å². The van der Waals surface area contributed by atoms with E-state index in [0.717, 1.165) is 27.7 Å². The van der Waals surface area contributed by atoms with Crippen molar-refractivity contribution in [1.82, 2.24) is 10.4 Å². The largest absolute Gasteiger partial charge is 0.490 e. The lowest BCUT2D eigenvalue weighted by Gasteiger charge is -2.13. The molecule has 1 amide bonds. The van der Waals surface area contributed by atoms with Gasteiger partial charge in [0.05, 0.1) is 36.2 Å². The number of nitrogens with one attached hydrogen (secondary N) is 1. The van der Waals surface area contributed by atoms with Gasteiger partial charge in [0.2, 0.25) is 0 Å². The zero-order valence-corrected chi connectivity index (χ0v) is 20.2. The summed E-state index contributed by atoms with van der Waals surface area (Å²) in [7, 11) is 0. The molecule has 0 unspecified atom stereocenters. The molecule has 0 saturated heterocycles. The molecule has 0 bridgehead atoms. The number of aromatic nitrogens is 1. The minimum atomic E-state index is -0.307. The van der Waals surface area contributed by atoms with Crippen LogP contribution in [0.2, 0.25) is 0 Å². The molecule has 35 heavy (non-hydrogen) atoms. The Kier molecular flexibility index (Phi) is 7.73. The average Bonchev–Trinajstić information content (AvgIpc) is 2.88. The van der Waals surface area contributed by atoms with Gasteiger partial charge in [-0.05, 0) is 48.7 Å². The second kappa shape index (κ2) is 11.3. The molecule has 0 aliphatic carbocycles. The van der Waals surface area contributed by atoms with Crippen LogP contribution in [0.15, 0.2) is 84.0 Å². The maximum absolute atomic E-state index is 13.1. The van der Waals surface area contributed by atoms with Crippen LogP contribution in [0.25, 0.3) is 22.2 Å². The molecule has 0 radical (unpaired) electrons. The first-order valence-electron chi connectivity index (χ1n) is 11.7. The second-order valence-corrected chi connectivity index (χ2v) is 8.48. The first kappa shape index (κ1) is 24.0. The quantitative estimate of drug-likeness (QED) is 0.238. The van der Waals surface area contributed by atoms with Crippen molar-refractivity contribution in [3.63, 3.8) is 0 Å². The Morgan fingerprint density at radius 3 is 2.51 bits per heavy atom. The molecule has 0 atom stereocenters. The average molecular weight is 468 g/mol. The molecule has 0 aliphatic heterocycles. The number of benzene rings is 3. The van der Waals surface area contributed by atoms with E-state index < -0.39 is 0 Å². The number of rotatable bonds is 9. The van der Waals surface area contributed by atoms with E-state index in [9.17, 15) is 4.79 Å². The van der Waals surface area contributed by atoms with Crippen LogP contribution in [-0.2, 0) is 0 Å². The number of carbonyl (C=O) groups is 1. The number of nitrogens with zero attached hydrogens (tertiary/aromatic N) is 2. The number of carbonyl (C=O) groups excluding carboxylic acids is 1. The van der Waals surface area contributed by atoms with Crippen LogP contribution >= 0.6 is 0 Å². The Hall–Kier alpha value is -4.19. The summed E-state index contributed by atoms with van der Waals surface area (Å²) in [6.07, 6.45) is 1.59. The molecular formula is C29H29N3O3. The van der Waals surface area contributed by atoms with Gasteiger partial charge in [-0.25, -0.2) is 10.4 Å². The van der Waals surface area contributed by atoms with Gasteiger partial charge in [0.25, 0.3) is 5.91 Å². The summed E-state index contributed by atoms with van der Waals surface area (Å²) in [6, 6.07) is 24.8. The molecule has 3 aromatic carbocycles. The topological polar surface area (TPSA) is 72.8 Å². The summed E-state index contributed by atoms with van der Waals surface area (Å²) >= 11 is 0. The molecular weight excluding hydrogens is 438 g/mol. The van der Waals surface area contributed by atoms with Crippen molar-refractivity contribution in [3.05, 3.63) is 90.0 Å². The predicted molar refractivity (Wildman–Crippen MR) is 140 cm³/mol. The normalized spacial score (nSPS) is 11.2. The summed E-state index contributed by atoms with van der Waals surface area (Å²) in [5.74, 6) is 1.45. The Morgan fingerprint density at radius 1 is 0.971 bits per heavy atom. The third kappa shape index (κ3) is 6.03. The molecule has 1 N–H and O–H groups in total. The molecule has 0 fully saturated rings. The second-order valence-electron chi connectivity index (χ2n) is 8.48. The van der Waals surface area contributed by atoms with E-state index in [1.54, 1.807) is 12.3 Å². The van der Waals surface area contributed by atoms with Gasteiger partial charge in [-0.1, -0.05) is 62.4 Å². The number of ether oxygens (including phenoxy) is 2. The van der Waals surface area contributed by atoms with Gasteiger partial charge in [-0.2, -0.15) is 5.10 Å². The fourth-order valence-corrected chi connectivity index (χ4v) is 3.59. The van der Waals surface area contributed by atoms with Crippen LogP contribution in [0.5, 0.6) is 11.5 Å². The Bertz CT molecular complexity index is 1330. The van der Waals surface area contributed by atoms with Gasteiger partial charge in [0.1, 0.15) is 0 Å². The van der Waals surface area contributed by atoms with Crippen molar-refractivity contribution in [3.8, 4) is 22.8 Å². The lowest BCUT2D eigenvalue weighted by atomic mass is 10.0. The Labute approximate surface area is 205 Å². The fraction of sp³-hybridized carbons (Fsp3) is 0.207. The van der Waals surface area contributed by atoms with Crippen LogP contribution in [0.1, 0.15) is 36.7 Å². The van der Waals surface area contributed by atoms with E-state index in [0.29, 0.717) is 36.2 Å². The van der Waals surface area contributed by atoms with Crippen LogP contribution < -0.4 is 14.9 Å². The molecule has 0 aliphatic rings. The van der Waals surface area contributed by atoms with E-state index >= 15 is 0 Å². The number of amides is 1. The van der Waals surface area contributed by atoms with Gasteiger partial charge in [-0.3, -0.25) is 4.79 Å². The van der Waals surface area contributed by atoms with Crippen LogP contribution in [0, 0.1) is 5.92 Å². The van der Waals surface area contributed by atoms with E-state index in [2.05, 4.69) is 24.4 Å². The molecule has 178 valence electrons. The molecule has 0 saturated carbocycles. The van der Waals surface area contributed by atoms with E-state index in [1.807, 2.05) is 79.7 Å². The number of hydrogen-bond donors (Lipinski definition) is 1. The molecule has 1 aromatic heterocycles. The number of pyridine rings is 1. The summed E-state index contributed by atoms with van der Waals surface area (Å²) in [6.45, 7) is 7.25. The smallest absolute Gasteiger partial charge is 0.272 e. The van der Waals surface area contributed by atoms with Crippen molar-refractivity contribution in [1.29, 1.82) is 0 Å². The van der Waals surface area contributed by atoms with E-state index in [4.69, 9.17) is 14.5 Å². The maximum atomic E-state index is 13.1. The van der Waals surface area contributed by atoms with Crippen molar-refractivity contribution < 1.29 is 14.3 Å². The number of fused-ring (bicyclic) bond motifs is 1. The van der Waals surface area contributed by atoms with Crippen molar-refractivity contribution in [2.24, 2.45) is 11.0 Å². The third-order valence-electron chi connectivity index (χ3n) is 5.25. The third-order valence-corrected chi connectivity index (χ3v) is 5.25. The highest BCUT2D eigenvalue weighted by Gasteiger charge is 2.13. The highest BCUT2D eigenvalue weighted by atomic mass is 16.5. The summed E-state index contributed by atoms with van der Waals surface area (Å²) < 4.78 is 11.6. The van der Waals surface area contributed by atoms with Crippen molar-refractivity contribution in [2.75, 3.05) is 13.2 Å². The lowest BCUT2D eigenvalue weighted by molar-refractivity contribution is 0.0956. The standard InChI is InChI=1S/C29H29N3O3/c1-4-34-28-16-21(14-15-27(28)35-19-20(2)3)18-30-32-29(33)24-17-26(22-10-6-5-7-11-22)31-25-13-9-8-12-23(24)25/h5-18,20H,4,19H2,1-3H3,(H,32,33)/b30-18+. The molecule has 1 heterocycles. The summed E-state index contributed by atoms with van der Waals surface area (Å²) in [5.41, 5.74) is 6.38. The fourth-order valence-electron chi connectivity index (χ4n) is 3.59. The van der Waals surface area contributed by atoms with Gasteiger partial charge in [-0.15, -0.1) is 0 Å². The van der Waals surface area contributed by atoms with E-state index in [-0.39, 0.29) is 5.91 Å². The molecule has 6 nitrogen and oxygen atoms in total. The monoisotopic (exact) mass is 467 g/mol. The minimum absolute atomic E-state index is 0.307. The summed E-state index contributed by atoms with van der Waals surface area (Å²) in [5, 5.41) is 4.96. The van der Waals surface area contributed by atoms with Gasteiger partial charge >= 0.3 is 0 Å². The van der Waals surface area contributed by atoms with Gasteiger partial charge in [0.15, 0.2) is 11.5 Å². The zero-order chi connectivity index (χ0) is 24.6. The zero-order valence-electron chi connectivity index (χ0n) is 20.2. The minimum Gasteiger partial charge on any atom is -0.490 e. The molecule has 4 aromatic rings. The first-order valence-corrected chi connectivity index (χ1v) is 11.7. The van der Waals surface area contributed by atoms with Gasteiger partial charge in [0, 0.05) is 10.9 Å². The number of hydrogen-bond acceptors (Lipinski definition) is 5.